The van der Waals surface area contributed by atoms with Gasteiger partial charge in [0.05, 0.1) is 5.52 Å². The molecule has 1 N–H and O–H groups in total. The maximum atomic E-state index is 11.3. The molecule has 1 amide bonds. The molecule has 21 heavy (non-hydrogen) atoms. The number of aryl methyl sites for hydroxylation is 1. The van der Waals surface area contributed by atoms with Crippen molar-refractivity contribution in [1.29, 1.82) is 0 Å². The number of likely N-dealkylation sites (tertiary alicyclic amines) is 1. The molecule has 0 aliphatic carbocycles. The molecule has 110 valence electrons. The van der Waals surface area contributed by atoms with Crippen LogP contribution in [0, 0.1) is 12.8 Å². The van der Waals surface area contributed by atoms with Crippen LogP contribution in [0.1, 0.15) is 30.4 Å². The predicted octanol–water partition coefficient (Wildman–Crippen LogP) is 3.65. The molecule has 0 saturated carbocycles. The number of benzene rings is 1. The minimum absolute atomic E-state index is 0.247. The molecule has 4 heteroatoms. The lowest BCUT2D eigenvalue weighted by Crippen LogP contribution is -2.41. The average Bonchev–Trinajstić information content (AvgIpc) is 2.47. The molecule has 1 aliphatic heterocycles. The van der Waals surface area contributed by atoms with Crippen LogP contribution in [0.5, 0.6) is 0 Å². The van der Waals surface area contributed by atoms with Gasteiger partial charge in [-0.15, -0.1) is 0 Å². The highest BCUT2D eigenvalue weighted by atomic mass is 16.4. The Morgan fingerprint density at radius 2 is 2.14 bits per heavy atom. The van der Waals surface area contributed by atoms with Crippen molar-refractivity contribution in [3.63, 3.8) is 0 Å². The Bertz CT molecular complexity index is 684. The third-order valence-electron chi connectivity index (χ3n) is 4.38. The topological polar surface area (TPSA) is 53.4 Å². The first kappa shape index (κ1) is 13.9. The lowest BCUT2D eigenvalue weighted by molar-refractivity contribution is 0.116. The molecule has 1 saturated heterocycles. The van der Waals surface area contributed by atoms with E-state index in [1.54, 1.807) is 4.90 Å². The van der Waals surface area contributed by atoms with Crippen molar-refractivity contribution in [3.05, 3.63) is 41.6 Å². The molecular weight excluding hydrogens is 264 g/mol. The fraction of sp³-hybridized carbons (Fsp3) is 0.412. The normalized spacial score (nSPS) is 22.5. The number of carbonyl (C=O) groups is 1. The Labute approximate surface area is 124 Å². The highest BCUT2D eigenvalue weighted by Gasteiger charge is 2.29. The molecule has 2 atom stereocenters. The van der Waals surface area contributed by atoms with Gasteiger partial charge in [-0.2, -0.15) is 0 Å². The monoisotopic (exact) mass is 284 g/mol. The Hall–Kier alpha value is -2.10. The number of aromatic nitrogens is 1. The largest absolute Gasteiger partial charge is 0.465 e. The van der Waals surface area contributed by atoms with Crippen LogP contribution in [-0.2, 0) is 0 Å². The molecule has 0 radical (unpaired) electrons. The summed E-state index contributed by atoms with van der Waals surface area (Å²) in [7, 11) is 0. The first-order valence-corrected chi connectivity index (χ1v) is 7.38. The van der Waals surface area contributed by atoms with Gasteiger partial charge >= 0.3 is 6.09 Å². The zero-order valence-corrected chi connectivity index (χ0v) is 12.4. The van der Waals surface area contributed by atoms with Crippen molar-refractivity contribution in [2.75, 3.05) is 13.1 Å². The highest BCUT2D eigenvalue weighted by Crippen LogP contribution is 2.34. The second-order valence-electron chi connectivity index (χ2n) is 6.10. The fourth-order valence-corrected chi connectivity index (χ4v) is 3.43. The van der Waals surface area contributed by atoms with Gasteiger partial charge in [0.2, 0.25) is 0 Å². The summed E-state index contributed by atoms with van der Waals surface area (Å²) in [6.07, 6.45) is 2.02. The van der Waals surface area contributed by atoms with Crippen molar-refractivity contribution in [3.8, 4) is 0 Å². The first-order valence-electron chi connectivity index (χ1n) is 7.38. The summed E-state index contributed by atoms with van der Waals surface area (Å²) in [4.78, 5) is 17.3. The number of fused-ring (bicyclic) bond motifs is 1. The molecule has 1 aliphatic rings. The van der Waals surface area contributed by atoms with Gasteiger partial charge in [-0.25, -0.2) is 4.79 Å². The number of pyridine rings is 1. The van der Waals surface area contributed by atoms with Crippen LogP contribution in [0.15, 0.2) is 30.5 Å². The Balaban J connectivity index is 2.04. The zero-order chi connectivity index (χ0) is 15.0. The van der Waals surface area contributed by atoms with Crippen LogP contribution in [0.4, 0.5) is 4.79 Å². The molecule has 1 unspecified atom stereocenters. The van der Waals surface area contributed by atoms with Gasteiger partial charge < -0.3 is 10.0 Å². The number of piperidine rings is 1. The van der Waals surface area contributed by atoms with E-state index in [4.69, 9.17) is 0 Å². The summed E-state index contributed by atoms with van der Waals surface area (Å²) >= 11 is 0. The van der Waals surface area contributed by atoms with E-state index in [9.17, 15) is 9.90 Å². The summed E-state index contributed by atoms with van der Waals surface area (Å²) in [6, 6.07) is 8.28. The smallest absolute Gasteiger partial charge is 0.407 e. The molecule has 2 aromatic rings. The second-order valence-corrected chi connectivity index (χ2v) is 6.10. The molecule has 4 nitrogen and oxygen atoms in total. The van der Waals surface area contributed by atoms with Crippen LogP contribution in [0.3, 0.4) is 0 Å². The maximum absolute atomic E-state index is 11.3. The number of hydrogen-bond acceptors (Lipinski definition) is 2. The quantitative estimate of drug-likeness (QED) is 0.869. The number of hydrogen-bond donors (Lipinski definition) is 1. The number of nitrogens with zero attached hydrogens (tertiary/aromatic N) is 2. The van der Waals surface area contributed by atoms with Crippen LogP contribution in [-0.4, -0.2) is 34.2 Å². The molecular formula is C17H20N2O2. The van der Waals surface area contributed by atoms with Gasteiger partial charge in [0.25, 0.3) is 0 Å². The SMILES string of the molecule is Cc1ccc(C2C[C@@H](C)CN(C(=O)O)C2)c2cccnc12. The zero-order valence-electron chi connectivity index (χ0n) is 12.4. The van der Waals surface area contributed by atoms with Gasteiger partial charge in [0.1, 0.15) is 0 Å². The van der Waals surface area contributed by atoms with Crippen LogP contribution in [0.25, 0.3) is 10.9 Å². The molecule has 1 fully saturated rings. The van der Waals surface area contributed by atoms with E-state index in [2.05, 4.69) is 37.0 Å². The van der Waals surface area contributed by atoms with E-state index in [1.165, 1.54) is 5.56 Å². The standard InChI is InChI=1S/C17H20N2O2/c1-11-8-13(10-19(9-11)17(20)21)14-6-5-12(2)16-15(14)4-3-7-18-16/h3-7,11,13H,8-10H2,1-2H3,(H,20,21)/t11-,13?/m1/s1. The third-order valence-corrected chi connectivity index (χ3v) is 4.38. The van der Waals surface area contributed by atoms with Gasteiger partial charge in [-0.3, -0.25) is 4.98 Å². The predicted molar refractivity (Wildman–Crippen MR) is 82.6 cm³/mol. The van der Waals surface area contributed by atoms with Crippen LogP contribution in [0.2, 0.25) is 0 Å². The van der Waals surface area contributed by atoms with Crippen molar-refractivity contribution >= 4 is 17.0 Å². The molecule has 0 spiro atoms. The van der Waals surface area contributed by atoms with E-state index >= 15 is 0 Å². The molecule has 3 rings (SSSR count). The van der Waals surface area contributed by atoms with E-state index in [0.717, 1.165) is 22.9 Å². The van der Waals surface area contributed by atoms with Gasteiger partial charge in [0, 0.05) is 30.6 Å². The summed E-state index contributed by atoms with van der Waals surface area (Å²) in [5, 5.41) is 10.4. The second kappa shape index (κ2) is 5.35. The van der Waals surface area contributed by atoms with Crippen molar-refractivity contribution in [2.45, 2.75) is 26.2 Å². The number of carboxylic acid groups (broad SMARTS) is 1. The molecule has 1 aromatic heterocycles. The van der Waals surface area contributed by atoms with Crippen LogP contribution < -0.4 is 0 Å². The lowest BCUT2D eigenvalue weighted by Gasteiger charge is -2.35. The Morgan fingerprint density at radius 3 is 2.90 bits per heavy atom. The van der Waals surface area contributed by atoms with Gasteiger partial charge in [-0.1, -0.05) is 25.1 Å². The van der Waals surface area contributed by atoms with E-state index < -0.39 is 6.09 Å². The maximum Gasteiger partial charge on any atom is 0.407 e. The van der Waals surface area contributed by atoms with E-state index in [-0.39, 0.29) is 5.92 Å². The van der Waals surface area contributed by atoms with Crippen molar-refractivity contribution < 1.29 is 9.90 Å². The van der Waals surface area contributed by atoms with Crippen molar-refractivity contribution in [1.82, 2.24) is 9.88 Å². The van der Waals surface area contributed by atoms with Crippen molar-refractivity contribution in [2.24, 2.45) is 5.92 Å². The summed E-state index contributed by atoms with van der Waals surface area (Å²) in [5.41, 5.74) is 3.41. The van der Waals surface area contributed by atoms with E-state index in [0.29, 0.717) is 19.0 Å². The van der Waals surface area contributed by atoms with E-state index in [1.807, 2.05) is 12.3 Å². The summed E-state index contributed by atoms with van der Waals surface area (Å²) in [6.45, 7) is 5.39. The number of amides is 1. The average molecular weight is 284 g/mol. The van der Waals surface area contributed by atoms with Crippen LogP contribution >= 0.6 is 0 Å². The number of rotatable bonds is 1. The minimum Gasteiger partial charge on any atom is -0.465 e. The molecule has 0 bridgehead atoms. The summed E-state index contributed by atoms with van der Waals surface area (Å²) < 4.78 is 0. The lowest BCUT2D eigenvalue weighted by atomic mass is 9.83. The Morgan fingerprint density at radius 1 is 1.33 bits per heavy atom. The molecule has 1 aromatic carbocycles. The summed E-state index contributed by atoms with van der Waals surface area (Å²) in [5.74, 6) is 0.630. The molecule has 2 heterocycles. The minimum atomic E-state index is -0.818. The fourth-order valence-electron chi connectivity index (χ4n) is 3.43. The van der Waals surface area contributed by atoms with Gasteiger partial charge in [-0.05, 0) is 36.5 Å². The Kier molecular flexibility index (Phi) is 3.53. The third kappa shape index (κ3) is 2.58. The van der Waals surface area contributed by atoms with Gasteiger partial charge in [0.15, 0.2) is 0 Å². The highest BCUT2D eigenvalue weighted by molar-refractivity contribution is 5.85. The first-order chi connectivity index (χ1) is 10.1.